The normalized spacial score (nSPS) is 15.8. The number of benzene rings is 2. The summed E-state index contributed by atoms with van der Waals surface area (Å²) in [5.74, 6) is 0. The van der Waals surface area contributed by atoms with Crippen molar-refractivity contribution in [1.29, 1.82) is 0 Å². The monoisotopic (exact) mass is 650 g/mol. The van der Waals surface area contributed by atoms with Crippen LogP contribution in [0.5, 0.6) is 0 Å². The average molecular weight is 650 g/mol. The van der Waals surface area contributed by atoms with E-state index in [1.54, 1.807) is 6.66 Å². The van der Waals surface area contributed by atoms with Crippen LogP contribution < -0.4 is 0 Å². The van der Waals surface area contributed by atoms with Gasteiger partial charge in [-0.05, 0) is 0 Å². The van der Waals surface area contributed by atoms with Crippen LogP contribution in [0.4, 0.5) is 0 Å². The first-order valence-corrected chi connectivity index (χ1v) is 30.5. The molecule has 2 aromatic rings. The molecule has 0 unspecified atom stereocenters. The summed E-state index contributed by atoms with van der Waals surface area (Å²) in [6.07, 6.45) is 14.1. The molecule has 0 saturated heterocycles. The van der Waals surface area contributed by atoms with E-state index in [-0.39, 0.29) is 24.8 Å². The molecule has 0 radical (unpaired) electrons. The van der Waals surface area contributed by atoms with Crippen LogP contribution in [0.25, 0.3) is 11.1 Å². The average Bonchev–Trinajstić information content (AvgIpc) is 3.44. The summed E-state index contributed by atoms with van der Waals surface area (Å²) >= 11 is -3.45. The third kappa shape index (κ3) is 5.09. The molecule has 2 aromatic carbocycles. The molecule has 0 nitrogen and oxygen atoms in total. The molecule has 170 valence electrons. The van der Waals surface area contributed by atoms with E-state index in [0.717, 1.165) is 25.7 Å². The molecule has 2 aliphatic rings. The standard InChI is InChI=1S/2C13H13.2CH3.2ClH.Hf.H2Si/c2*1-2-11-6-5-9-13(10-11)12-7-3-4-8-12;;;;;;/h2*3,5-7,9-10H,2,4H2,1H3;2*1H3;2*1H;;1H2. The summed E-state index contributed by atoms with van der Waals surface area (Å²) in [5, 5.41) is 0. The SMILES string of the molecule is CCc1cccc(C2=[C]([Hf]([CH3])([CH3])(=[SiH2])[C]3=C(c4cccc(CC)c4)C=CC3)CC=C2)c1.Cl.Cl. The zero-order valence-corrected chi connectivity index (χ0v) is 26.4. The summed E-state index contributed by atoms with van der Waals surface area (Å²) in [6.45, 7) is 6.88. The molecule has 0 aromatic heterocycles. The van der Waals surface area contributed by atoms with Crippen LogP contribution in [-0.2, 0) is 30.0 Å². The molecule has 32 heavy (non-hydrogen) atoms. The number of allylic oxidation sites excluding steroid dienone is 8. The fourth-order valence-electron chi connectivity index (χ4n) is 5.17. The maximum absolute atomic E-state index is 3.45. The van der Waals surface area contributed by atoms with E-state index >= 15 is 0 Å². The van der Waals surface area contributed by atoms with E-state index in [2.05, 4.69) is 103 Å². The van der Waals surface area contributed by atoms with Gasteiger partial charge in [0, 0.05) is 0 Å². The molecule has 0 heterocycles. The van der Waals surface area contributed by atoms with Gasteiger partial charge in [-0.25, -0.2) is 0 Å². The molecule has 0 bridgehead atoms. The van der Waals surface area contributed by atoms with Gasteiger partial charge in [-0.1, -0.05) is 0 Å². The zero-order valence-electron chi connectivity index (χ0n) is 19.8. The summed E-state index contributed by atoms with van der Waals surface area (Å²) in [5.41, 5.74) is 8.72. The van der Waals surface area contributed by atoms with Crippen molar-refractivity contribution in [1.82, 2.24) is 0 Å². The minimum atomic E-state index is -3.45. The first-order chi connectivity index (χ1) is 14.3. The van der Waals surface area contributed by atoms with Crippen LogP contribution >= 0.6 is 24.8 Å². The van der Waals surface area contributed by atoms with Crippen LogP contribution in [0.1, 0.15) is 48.9 Å². The third-order valence-electron chi connectivity index (χ3n) is 7.09. The molecule has 0 saturated carbocycles. The minimum Gasteiger partial charge on any atom is -0.147 e. The largest absolute Gasteiger partial charge is 0.147 e. The Morgan fingerprint density at radius 1 is 0.719 bits per heavy atom. The predicted octanol–water partition coefficient (Wildman–Crippen LogP) is 8.03. The maximum Gasteiger partial charge on any atom is -0.147 e. The van der Waals surface area contributed by atoms with Gasteiger partial charge in [0.25, 0.3) is 0 Å². The molecule has 0 spiro atoms. The van der Waals surface area contributed by atoms with Crippen molar-refractivity contribution < 1.29 is 17.1 Å². The number of hydrogen-bond acceptors (Lipinski definition) is 0. The Balaban J connectivity index is 0.00000181. The van der Waals surface area contributed by atoms with Gasteiger partial charge in [0.2, 0.25) is 0 Å². The molecule has 0 atom stereocenters. The first kappa shape index (κ1) is 27.3. The second-order valence-corrected chi connectivity index (χ2v) is 50.8. The second-order valence-electron chi connectivity index (χ2n) is 9.79. The van der Waals surface area contributed by atoms with E-state index in [1.807, 2.05) is 0 Å². The van der Waals surface area contributed by atoms with Crippen LogP contribution in [0.3, 0.4) is 0 Å². The van der Waals surface area contributed by atoms with Crippen LogP contribution in [0.2, 0.25) is 9.36 Å². The van der Waals surface area contributed by atoms with Crippen LogP contribution in [-0.4, -0.2) is 6.94 Å². The summed E-state index contributed by atoms with van der Waals surface area (Å²) in [4.78, 5) is 0. The van der Waals surface area contributed by atoms with Gasteiger partial charge in [0.15, 0.2) is 0 Å². The topological polar surface area (TPSA) is 0 Å². The molecule has 4 heteroatoms. The summed E-state index contributed by atoms with van der Waals surface area (Å²) < 4.78 is 8.88. The van der Waals surface area contributed by atoms with E-state index in [0.29, 0.717) is 0 Å². The van der Waals surface area contributed by atoms with Crippen molar-refractivity contribution in [3.8, 4) is 0 Å². The Hall–Kier alpha value is -0.933. The Bertz CT molecular complexity index is 1100. The predicted molar refractivity (Wildman–Crippen MR) is 148 cm³/mol. The second kappa shape index (κ2) is 10.6. The molecule has 0 amide bonds. The van der Waals surface area contributed by atoms with Crippen molar-refractivity contribution in [3.05, 3.63) is 102 Å². The molecular weight excluding hydrogens is 614 g/mol. The Kier molecular flexibility index (Phi) is 9.01. The fourth-order valence-corrected chi connectivity index (χ4v) is 25.4. The zero-order chi connectivity index (χ0) is 21.4. The van der Waals surface area contributed by atoms with Gasteiger partial charge in [-0.3, -0.25) is 0 Å². The Morgan fingerprint density at radius 3 is 1.50 bits per heavy atom. The number of halogens is 2. The first-order valence-electron chi connectivity index (χ1n) is 11.4. The van der Waals surface area contributed by atoms with Gasteiger partial charge in [0.05, 0.1) is 0 Å². The van der Waals surface area contributed by atoms with Crippen molar-refractivity contribution >= 4 is 42.9 Å². The van der Waals surface area contributed by atoms with Gasteiger partial charge in [-0.2, -0.15) is 0 Å². The van der Waals surface area contributed by atoms with Crippen molar-refractivity contribution in [2.75, 3.05) is 0 Å². The van der Waals surface area contributed by atoms with Crippen molar-refractivity contribution in [2.45, 2.75) is 48.9 Å². The van der Waals surface area contributed by atoms with E-state index < -0.39 is 17.1 Å². The van der Waals surface area contributed by atoms with E-state index in [4.69, 9.17) is 0 Å². The smallest absolute Gasteiger partial charge is 0.147 e. The van der Waals surface area contributed by atoms with Crippen molar-refractivity contribution in [3.63, 3.8) is 0 Å². The quantitative estimate of drug-likeness (QED) is 0.278. The maximum atomic E-state index is 2.67. The molecule has 4 rings (SSSR count). The van der Waals surface area contributed by atoms with Crippen LogP contribution in [0.15, 0.2) is 79.5 Å². The fraction of sp³-hybridized carbons (Fsp3) is 0.286. The minimum absolute atomic E-state index is 0. The summed E-state index contributed by atoms with van der Waals surface area (Å²) in [6, 6.07) is 18.4. The number of rotatable bonds is 6. The molecule has 2 aliphatic carbocycles. The molecule has 0 aliphatic heterocycles. The van der Waals surface area contributed by atoms with Gasteiger partial charge < -0.3 is 0 Å². The Labute approximate surface area is 209 Å². The van der Waals surface area contributed by atoms with E-state index in [9.17, 15) is 0 Å². The molecular formula is C28H36Cl2HfSi. The molecule has 0 N–H and O–H groups in total. The molecule has 0 fully saturated rings. The number of aryl methyl sites for hydroxylation is 2. The van der Waals surface area contributed by atoms with Gasteiger partial charge in [-0.15, -0.1) is 24.8 Å². The summed E-state index contributed by atoms with van der Waals surface area (Å²) in [7, 11) is 0. The van der Waals surface area contributed by atoms with E-state index in [1.165, 1.54) is 33.4 Å². The van der Waals surface area contributed by atoms with Crippen LogP contribution in [0, 0.1) is 0 Å². The third-order valence-corrected chi connectivity index (χ3v) is 31.4. The van der Waals surface area contributed by atoms with Crippen molar-refractivity contribution in [2.24, 2.45) is 0 Å². The van der Waals surface area contributed by atoms with Gasteiger partial charge in [0.1, 0.15) is 0 Å². The Morgan fingerprint density at radius 2 is 1.12 bits per heavy atom. The number of hydrogen-bond donors (Lipinski definition) is 0. The van der Waals surface area contributed by atoms with Gasteiger partial charge >= 0.3 is 186 Å².